The van der Waals surface area contributed by atoms with E-state index in [-0.39, 0.29) is 6.04 Å². The molecule has 1 aliphatic heterocycles. The Kier molecular flexibility index (Phi) is 3.05. The lowest BCUT2D eigenvalue weighted by Crippen LogP contribution is -2.49. The molecule has 0 aliphatic carbocycles. The van der Waals surface area contributed by atoms with E-state index in [1.807, 2.05) is 14.1 Å². The third-order valence-corrected chi connectivity index (χ3v) is 2.40. The molecular weight excluding hydrogens is 156 g/mol. The zero-order chi connectivity index (χ0) is 9.14. The highest BCUT2D eigenvalue weighted by molar-refractivity contribution is 5.73. The SMILES string of the molecule is CN(C)[C@@H]1CCN[C@H](C(=O)O)C1. The first kappa shape index (κ1) is 9.48. The number of hydrogen-bond acceptors (Lipinski definition) is 3. The summed E-state index contributed by atoms with van der Waals surface area (Å²) in [6, 6.07) is 0.0542. The van der Waals surface area contributed by atoms with Gasteiger partial charge in [-0.3, -0.25) is 4.79 Å². The van der Waals surface area contributed by atoms with E-state index in [0.717, 1.165) is 13.0 Å². The van der Waals surface area contributed by atoms with Gasteiger partial charge in [-0.25, -0.2) is 0 Å². The second-order valence-corrected chi connectivity index (χ2v) is 3.49. The second-order valence-electron chi connectivity index (χ2n) is 3.49. The van der Waals surface area contributed by atoms with Crippen LogP contribution < -0.4 is 5.32 Å². The fourth-order valence-corrected chi connectivity index (χ4v) is 1.55. The molecule has 4 heteroatoms. The first-order valence-electron chi connectivity index (χ1n) is 4.24. The van der Waals surface area contributed by atoms with Crippen LogP contribution in [0.5, 0.6) is 0 Å². The van der Waals surface area contributed by atoms with Gasteiger partial charge >= 0.3 is 5.97 Å². The first-order chi connectivity index (χ1) is 5.61. The molecule has 2 N–H and O–H groups in total. The second kappa shape index (κ2) is 3.87. The summed E-state index contributed by atoms with van der Waals surface area (Å²) < 4.78 is 0. The third kappa shape index (κ3) is 2.19. The van der Waals surface area contributed by atoms with E-state index in [2.05, 4.69) is 10.2 Å². The molecule has 4 nitrogen and oxygen atoms in total. The molecule has 1 aliphatic rings. The Morgan fingerprint density at radius 1 is 1.58 bits per heavy atom. The van der Waals surface area contributed by atoms with Crippen LogP contribution in [0.25, 0.3) is 0 Å². The average molecular weight is 172 g/mol. The summed E-state index contributed by atoms with van der Waals surface area (Å²) in [6.45, 7) is 0.805. The largest absolute Gasteiger partial charge is 0.480 e. The smallest absolute Gasteiger partial charge is 0.320 e. The lowest BCUT2D eigenvalue weighted by molar-refractivity contribution is -0.140. The maximum absolute atomic E-state index is 10.6. The van der Waals surface area contributed by atoms with Crippen molar-refractivity contribution >= 4 is 5.97 Å². The van der Waals surface area contributed by atoms with Gasteiger partial charge < -0.3 is 15.3 Å². The number of aliphatic carboxylic acids is 1. The minimum atomic E-state index is -0.735. The third-order valence-electron chi connectivity index (χ3n) is 2.40. The quantitative estimate of drug-likeness (QED) is 0.603. The molecule has 1 saturated heterocycles. The molecule has 0 bridgehead atoms. The van der Waals surface area contributed by atoms with Crippen molar-refractivity contribution in [2.24, 2.45) is 0 Å². The maximum Gasteiger partial charge on any atom is 0.320 e. The molecule has 0 amide bonds. The van der Waals surface area contributed by atoms with Crippen LogP contribution in [-0.4, -0.2) is 48.7 Å². The molecule has 12 heavy (non-hydrogen) atoms. The minimum Gasteiger partial charge on any atom is -0.480 e. The summed E-state index contributed by atoms with van der Waals surface area (Å²) in [5.74, 6) is -0.735. The van der Waals surface area contributed by atoms with Crippen LogP contribution in [0.1, 0.15) is 12.8 Å². The highest BCUT2D eigenvalue weighted by atomic mass is 16.4. The number of carbonyl (C=O) groups is 1. The van der Waals surface area contributed by atoms with E-state index in [0.29, 0.717) is 12.5 Å². The van der Waals surface area contributed by atoms with Gasteiger partial charge in [0.25, 0.3) is 0 Å². The van der Waals surface area contributed by atoms with Crippen molar-refractivity contribution in [3.8, 4) is 0 Å². The fraction of sp³-hybridized carbons (Fsp3) is 0.875. The Hall–Kier alpha value is -0.610. The van der Waals surface area contributed by atoms with Crippen molar-refractivity contribution < 1.29 is 9.90 Å². The van der Waals surface area contributed by atoms with Gasteiger partial charge in [0.15, 0.2) is 0 Å². The molecule has 1 rings (SSSR count). The molecule has 0 radical (unpaired) electrons. The summed E-state index contributed by atoms with van der Waals surface area (Å²) in [7, 11) is 3.99. The standard InChI is InChI=1S/C8H16N2O2/c1-10(2)6-3-4-9-7(5-6)8(11)12/h6-7,9H,3-5H2,1-2H3,(H,11,12)/t6-,7+/m1/s1. The monoisotopic (exact) mass is 172 g/mol. The van der Waals surface area contributed by atoms with Crippen LogP contribution in [0, 0.1) is 0 Å². The molecule has 1 heterocycles. The van der Waals surface area contributed by atoms with Crippen molar-refractivity contribution in [3.63, 3.8) is 0 Å². The molecular formula is C8H16N2O2. The van der Waals surface area contributed by atoms with Gasteiger partial charge in [-0.2, -0.15) is 0 Å². The number of carboxylic acids is 1. The van der Waals surface area contributed by atoms with Gasteiger partial charge in [0, 0.05) is 6.04 Å². The molecule has 70 valence electrons. The van der Waals surface area contributed by atoms with E-state index >= 15 is 0 Å². The lowest BCUT2D eigenvalue weighted by Gasteiger charge is -2.32. The van der Waals surface area contributed by atoms with Crippen molar-refractivity contribution in [2.45, 2.75) is 24.9 Å². The van der Waals surface area contributed by atoms with E-state index in [9.17, 15) is 4.79 Å². The highest BCUT2D eigenvalue weighted by Crippen LogP contribution is 2.12. The summed E-state index contributed by atoms with van der Waals surface area (Å²) >= 11 is 0. The summed E-state index contributed by atoms with van der Waals surface area (Å²) in [6.07, 6.45) is 1.75. The van der Waals surface area contributed by atoms with E-state index < -0.39 is 5.97 Å². The number of rotatable bonds is 2. The van der Waals surface area contributed by atoms with Crippen LogP contribution in [0.2, 0.25) is 0 Å². The average Bonchev–Trinajstić information content (AvgIpc) is 2.04. The van der Waals surface area contributed by atoms with Gasteiger partial charge in [0.05, 0.1) is 0 Å². The van der Waals surface area contributed by atoms with Gasteiger partial charge in [-0.15, -0.1) is 0 Å². The first-order valence-corrected chi connectivity index (χ1v) is 4.24. The van der Waals surface area contributed by atoms with Crippen LogP contribution in [-0.2, 0) is 4.79 Å². The van der Waals surface area contributed by atoms with E-state index in [1.165, 1.54) is 0 Å². The topological polar surface area (TPSA) is 52.6 Å². The zero-order valence-electron chi connectivity index (χ0n) is 7.58. The van der Waals surface area contributed by atoms with Crippen molar-refractivity contribution in [2.75, 3.05) is 20.6 Å². The molecule has 0 aromatic rings. The molecule has 2 atom stereocenters. The Bertz CT molecular complexity index is 170. The summed E-state index contributed by atoms with van der Waals surface area (Å²) in [4.78, 5) is 12.7. The predicted octanol–water partition coefficient (Wildman–Crippen LogP) is -0.247. The normalized spacial score (nSPS) is 30.6. The van der Waals surface area contributed by atoms with Crippen molar-refractivity contribution in [1.29, 1.82) is 0 Å². The van der Waals surface area contributed by atoms with E-state index in [1.54, 1.807) is 0 Å². The van der Waals surface area contributed by atoms with Gasteiger partial charge in [-0.05, 0) is 33.5 Å². The minimum absolute atomic E-state index is 0.355. The number of hydrogen-bond donors (Lipinski definition) is 2. The Morgan fingerprint density at radius 2 is 2.25 bits per heavy atom. The molecule has 0 saturated carbocycles. The predicted molar refractivity (Wildman–Crippen MR) is 46.1 cm³/mol. The lowest BCUT2D eigenvalue weighted by atomic mass is 9.99. The van der Waals surface area contributed by atoms with Crippen LogP contribution >= 0.6 is 0 Å². The van der Waals surface area contributed by atoms with Gasteiger partial charge in [-0.1, -0.05) is 0 Å². The zero-order valence-corrected chi connectivity index (χ0v) is 7.58. The number of piperidine rings is 1. The molecule has 0 aromatic heterocycles. The Morgan fingerprint density at radius 3 is 2.75 bits per heavy atom. The van der Waals surface area contributed by atoms with Crippen LogP contribution in [0.15, 0.2) is 0 Å². The van der Waals surface area contributed by atoms with Gasteiger partial charge in [0.2, 0.25) is 0 Å². The Balaban J connectivity index is 2.46. The molecule has 0 aromatic carbocycles. The van der Waals surface area contributed by atoms with Crippen molar-refractivity contribution in [1.82, 2.24) is 10.2 Å². The number of nitrogens with zero attached hydrogens (tertiary/aromatic N) is 1. The van der Waals surface area contributed by atoms with Gasteiger partial charge in [0.1, 0.15) is 6.04 Å². The molecule has 1 fully saturated rings. The van der Waals surface area contributed by atoms with Crippen LogP contribution in [0.3, 0.4) is 0 Å². The maximum atomic E-state index is 10.6. The number of nitrogens with one attached hydrogen (secondary N) is 1. The summed E-state index contributed by atoms with van der Waals surface area (Å²) in [5, 5.41) is 11.7. The van der Waals surface area contributed by atoms with Crippen LogP contribution in [0.4, 0.5) is 0 Å². The van der Waals surface area contributed by atoms with Crippen molar-refractivity contribution in [3.05, 3.63) is 0 Å². The number of carboxylic acid groups (broad SMARTS) is 1. The Labute approximate surface area is 72.6 Å². The highest BCUT2D eigenvalue weighted by Gasteiger charge is 2.27. The summed E-state index contributed by atoms with van der Waals surface area (Å²) in [5.41, 5.74) is 0. The molecule has 0 spiro atoms. The van der Waals surface area contributed by atoms with E-state index in [4.69, 9.17) is 5.11 Å². The molecule has 0 unspecified atom stereocenters. The fourth-order valence-electron chi connectivity index (χ4n) is 1.55.